The van der Waals surface area contributed by atoms with Gasteiger partial charge in [-0.2, -0.15) is 0 Å². The van der Waals surface area contributed by atoms with Crippen LogP contribution in [0.25, 0.3) is 10.8 Å². The Hall–Kier alpha value is -1.97. The molecule has 0 radical (unpaired) electrons. The molecule has 2 aromatic rings. The Morgan fingerprint density at radius 2 is 1.94 bits per heavy atom. The second-order valence-electron chi connectivity index (χ2n) is 11.2. The van der Waals surface area contributed by atoms with E-state index in [2.05, 4.69) is 46.9 Å². The molecule has 2 atom stereocenters. The first-order valence-electron chi connectivity index (χ1n) is 12.8. The van der Waals surface area contributed by atoms with Crippen LogP contribution in [0, 0.1) is 11.8 Å². The van der Waals surface area contributed by atoms with Gasteiger partial charge in [-0.3, -0.25) is 9.69 Å². The molecule has 1 aromatic heterocycles. The molecule has 8 nitrogen and oxygen atoms in total. The van der Waals surface area contributed by atoms with E-state index in [-0.39, 0.29) is 23.0 Å². The van der Waals surface area contributed by atoms with Crippen LogP contribution < -0.4 is 10.2 Å². The van der Waals surface area contributed by atoms with E-state index in [0.29, 0.717) is 30.0 Å². The van der Waals surface area contributed by atoms with Crippen LogP contribution in [0.5, 0.6) is 0 Å². The van der Waals surface area contributed by atoms with Crippen molar-refractivity contribution in [2.75, 3.05) is 56.7 Å². The zero-order chi connectivity index (χ0) is 25.7. The second kappa shape index (κ2) is 9.72. The van der Waals surface area contributed by atoms with Gasteiger partial charge in [0.25, 0.3) is 0 Å². The number of nitrogens with zero attached hydrogens (tertiary/aromatic N) is 3. The number of amides is 1. The first-order chi connectivity index (χ1) is 17.1. The van der Waals surface area contributed by atoms with Crippen molar-refractivity contribution >= 4 is 39.8 Å². The SMILES string of the molecule is COC(C)(C)C1CC(C(=O)Nc2cc3cc(N4CCN([C@]5(C)COC[C@@H]5O)CC4)c(Cl)cc3cn2)C1. The summed E-state index contributed by atoms with van der Waals surface area (Å²) >= 11 is 6.68. The number of anilines is 2. The predicted octanol–water partition coefficient (Wildman–Crippen LogP) is 3.55. The van der Waals surface area contributed by atoms with Crippen molar-refractivity contribution in [1.82, 2.24) is 9.88 Å². The van der Waals surface area contributed by atoms with Crippen LogP contribution in [0.2, 0.25) is 5.02 Å². The van der Waals surface area contributed by atoms with E-state index in [1.165, 1.54) is 0 Å². The van der Waals surface area contributed by atoms with Crippen molar-refractivity contribution in [1.29, 1.82) is 0 Å². The van der Waals surface area contributed by atoms with Crippen molar-refractivity contribution in [3.63, 3.8) is 0 Å². The largest absolute Gasteiger partial charge is 0.389 e. The fourth-order valence-electron chi connectivity index (χ4n) is 5.67. The van der Waals surface area contributed by atoms with Crippen molar-refractivity contribution in [3.05, 3.63) is 29.4 Å². The summed E-state index contributed by atoms with van der Waals surface area (Å²) in [5, 5.41) is 16.0. The number of carbonyl (C=O) groups excluding carboxylic acids is 1. The lowest BCUT2D eigenvalue weighted by atomic mass is 9.67. The highest BCUT2D eigenvalue weighted by Crippen LogP contribution is 2.43. The van der Waals surface area contributed by atoms with Gasteiger partial charge in [0, 0.05) is 50.8 Å². The van der Waals surface area contributed by atoms with E-state index >= 15 is 0 Å². The van der Waals surface area contributed by atoms with E-state index in [0.717, 1.165) is 55.5 Å². The lowest BCUT2D eigenvalue weighted by Gasteiger charge is -2.45. The molecule has 9 heteroatoms. The van der Waals surface area contributed by atoms with Gasteiger partial charge in [0.05, 0.1) is 41.2 Å². The lowest BCUT2D eigenvalue weighted by Crippen LogP contribution is -2.60. The Morgan fingerprint density at radius 1 is 1.22 bits per heavy atom. The molecular weight excluding hydrogens is 480 g/mol. The molecule has 1 saturated carbocycles. The number of benzene rings is 1. The normalized spacial score (nSPS) is 29.4. The monoisotopic (exact) mass is 516 g/mol. The van der Waals surface area contributed by atoms with E-state index in [1.54, 1.807) is 13.3 Å². The van der Waals surface area contributed by atoms with Gasteiger partial charge in [-0.05, 0) is 63.1 Å². The van der Waals surface area contributed by atoms with Crippen molar-refractivity contribution in [3.8, 4) is 0 Å². The molecule has 3 aliphatic rings. The lowest BCUT2D eigenvalue weighted by molar-refractivity contribution is -0.130. The van der Waals surface area contributed by atoms with Crippen LogP contribution in [-0.2, 0) is 14.3 Å². The van der Waals surface area contributed by atoms with Crippen molar-refractivity contribution in [2.24, 2.45) is 11.8 Å². The number of fused-ring (bicyclic) bond motifs is 1. The maximum atomic E-state index is 12.8. The topological polar surface area (TPSA) is 87.2 Å². The van der Waals surface area contributed by atoms with Gasteiger partial charge in [0.15, 0.2) is 0 Å². The number of ether oxygens (including phenoxy) is 2. The number of methoxy groups -OCH3 is 1. The minimum atomic E-state index is -0.466. The molecule has 196 valence electrons. The van der Waals surface area contributed by atoms with Gasteiger partial charge >= 0.3 is 0 Å². The molecule has 1 aliphatic carbocycles. The molecule has 2 N–H and O–H groups in total. The number of aliphatic hydroxyl groups is 1. The van der Waals surface area contributed by atoms with Gasteiger partial charge in [-0.1, -0.05) is 11.6 Å². The quantitative estimate of drug-likeness (QED) is 0.607. The summed E-state index contributed by atoms with van der Waals surface area (Å²) < 4.78 is 11.1. The average Bonchev–Trinajstić information content (AvgIpc) is 3.17. The maximum Gasteiger partial charge on any atom is 0.228 e. The standard InChI is InChI=1S/C27H37ClN4O4/c1-26(2,35-4)20-9-18(10-20)25(34)30-24-13-17-12-22(21(28)11-19(17)14-29-24)31-5-7-32(8-6-31)27(3)16-36-15-23(27)33/h11-14,18,20,23,33H,5-10,15-16H2,1-4H3,(H,29,30,34)/t18?,20?,23-,27+/m0/s1. The van der Waals surface area contributed by atoms with Gasteiger partial charge < -0.3 is 24.8 Å². The Bertz CT molecular complexity index is 1130. The average molecular weight is 517 g/mol. The summed E-state index contributed by atoms with van der Waals surface area (Å²) in [6.07, 6.45) is 2.95. The number of halogens is 1. The van der Waals surface area contributed by atoms with Gasteiger partial charge in [-0.15, -0.1) is 0 Å². The second-order valence-corrected chi connectivity index (χ2v) is 11.7. The molecule has 1 amide bonds. The van der Waals surface area contributed by atoms with E-state index in [1.807, 2.05) is 12.1 Å². The molecule has 5 rings (SSSR count). The highest BCUT2D eigenvalue weighted by atomic mass is 35.5. The van der Waals surface area contributed by atoms with Gasteiger partial charge in [0.1, 0.15) is 5.82 Å². The Morgan fingerprint density at radius 3 is 2.58 bits per heavy atom. The van der Waals surface area contributed by atoms with Crippen LogP contribution in [0.15, 0.2) is 24.4 Å². The maximum absolute atomic E-state index is 12.8. The van der Waals surface area contributed by atoms with Gasteiger partial charge in [-0.25, -0.2) is 4.98 Å². The number of carbonyl (C=O) groups is 1. The Balaban J connectivity index is 1.25. The van der Waals surface area contributed by atoms with Crippen molar-refractivity contribution in [2.45, 2.75) is 50.9 Å². The summed E-state index contributed by atoms with van der Waals surface area (Å²) in [5.74, 6) is 0.953. The molecule has 1 aromatic carbocycles. The first kappa shape index (κ1) is 25.7. The molecule has 3 heterocycles. The van der Waals surface area contributed by atoms with Gasteiger partial charge in [0.2, 0.25) is 5.91 Å². The highest BCUT2D eigenvalue weighted by Gasteiger charge is 2.45. The van der Waals surface area contributed by atoms with E-state index in [4.69, 9.17) is 21.1 Å². The van der Waals surface area contributed by atoms with Crippen LogP contribution >= 0.6 is 11.6 Å². The molecule has 0 bridgehead atoms. The number of aromatic nitrogens is 1. The smallest absolute Gasteiger partial charge is 0.228 e. The molecule has 0 spiro atoms. The highest BCUT2D eigenvalue weighted by molar-refractivity contribution is 6.34. The minimum absolute atomic E-state index is 0.00959. The first-order valence-corrected chi connectivity index (χ1v) is 13.2. The van der Waals surface area contributed by atoms with Crippen molar-refractivity contribution < 1.29 is 19.4 Å². The summed E-state index contributed by atoms with van der Waals surface area (Å²) in [6, 6.07) is 5.95. The summed E-state index contributed by atoms with van der Waals surface area (Å²) in [6.45, 7) is 10.4. The van der Waals surface area contributed by atoms with E-state index < -0.39 is 6.10 Å². The predicted molar refractivity (Wildman–Crippen MR) is 142 cm³/mol. The zero-order valence-corrected chi connectivity index (χ0v) is 22.3. The summed E-state index contributed by atoms with van der Waals surface area (Å²) in [7, 11) is 1.72. The molecule has 2 saturated heterocycles. The Kier molecular flexibility index (Phi) is 6.93. The summed E-state index contributed by atoms with van der Waals surface area (Å²) in [5.41, 5.74) is 0.434. The van der Waals surface area contributed by atoms with E-state index in [9.17, 15) is 9.90 Å². The fourth-order valence-corrected chi connectivity index (χ4v) is 5.96. The van der Waals surface area contributed by atoms with Crippen LogP contribution in [0.3, 0.4) is 0 Å². The number of nitrogens with one attached hydrogen (secondary N) is 1. The number of rotatable bonds is 6. The fraction of sp³-hybridized carbons (Fsp3) is 0.630. The number of hydrogen-bond donors (Lipinski definition) is 2. The van der Waals surface area contributed by atoms with Crippen LogP contribution in [0.1, 0.15) is 33.6 Å². The number of piperazine rings is 1. The third kappa shape index (κ3) is 4.70. The molecule has 2 aliphatic heterocycles. The Labute approximate surface area is 217 Å². The molecule has 0 unspecified atom stereocenters. The van der Waals surface area contributed by atoms with Crippen LogP contribution in [0.4, 0.5) is 11.5 Å². The zero-order valence-electron chi connectivity index (χ0n) is 21.6. The molecular formula is C27H37ClN4O4. The third-order valence-electron chi connectivity index (χ3n) is 8.79. The molecule has 36 heavy (non-hydrogen) atoms. The third-order valence-corrected chi connectivity index (χ3v) is 9.09. The molecule has 3 fully saturated rings. The number of aliphatic hydroxyl groups excluding tert-OH is 1. The number of pyridine rings is 1. The summed E-state index contributed by atoms with van der Waals surface area (Å²) in [4.78, 5) is 21.9. The minimum Gasteiger partial charge on any atom is -0.389 e. The van der Waals surface area contributed by atoms with Crippen LogP contribution in [-0.4, -0.2) is 84.6 Å². The number of hydrogen-bond acceptors (Lipinski definition) is 7.